The second kappa shape index (κ2) is 9.68. The van der Waals surface area contributed by atoms with E-state index in [0.717, 1.165) is 19.3 Å². The van der Waals surface area contributed by atoms with Crippen molar-refractivity contribution in [3.8, 4) is 5.75 Å². The van der Waals surface area contributed by atoms with E-state index in [1.54, 1.807) is 6.92 Å². The van der Waals surface area contributed by atoms with Crippen molar-refractivity contribution in [1.82, 2.24) is 0 Å². The van der Waals surface area contributed by atoms with E-state index in [-0.39, 0.29) is 17.8 Å². The average molecular weight is 550 g/mol. The summed E-state index contributed by atoms with van der Waals surface area (Å²) in [6.45, 7) is 5.74. The lowest BCUT2D eigenvalue weighted by atomic mass is 9.58. The van der Waals surface area contributed by atoms with Crippen molar-refractivity contribution in [2.24, 2.45) is 23.7 Å². The van der Waals surface area contributed by atoms with Crippen molar-refractivity contribution >= 4 is 11.9 Å². The summed E-state index contributed by atoms with van der Waals surface area (Å²) in [5.74, 6) is -16.6. The van der Waals surface area contributed by atoms with E-state index in [2.05, 4.69) is 11.7 Å². The van der Waals surface area contributed by atoms with Gasteiger partial charge in [0.25, 0.3) is 0 Å². The fourth-order valence-corrected chi connectivity index (χ4v) is 6.24. The lowest BCUT2D eigenvalue weighted by molar-refractivity contribution is -0.576. The summed E-state index contributed by atoms with van der Waals surface area (Å²) in [7, 11) is 0. The van der Waals surface area contributed by atoms with Crippen molar-refractivity contribution < 1.29 is 60.3 Å². The molecule has 2 bridgehead atoms. The maximum atomic E-state index is 13.8. The smallest absolute Gasteiger partial charge is 0.311 e. The number of hydrogen-bond acceptors (Lipinski definition) is 8. The molecule has 0 N–H and O–H groups in total. The van der Waals surface area contributed by atoms with Crippen LogP contribution >= 0.6 is 0 Å². The van der Waals surface area contributed by atoms with Crippen LogP contribution < -0.4 is 4.74 Å². The third kappa shape index (κ3) is 4.27. The van der Waals surface area contributed by atoms with E-state index in [0.29, 0.717) is 12.3 Å². The monoisotopic (exact) mass is 550 g/mol. The highest BCUT2D eigenvalue weighted by molar-refractivity contribution is 5.79. The van der Waals surface area contributed by atoms with Crippen molar-refractivity contribution in [2.75, 3.05) is 0 Å². The summed E-state index contributed by atoms with van der Waals surface area (Å²) < 4.78 is 89.4. The van der Waals surface area contributed by atoms with E-state index in [1.165, 1.54) is 0 Å². The lowest BCUT2D eigenvalue weighted by Crippen LogP contribution is -2.70. The van der Waals surface area contributed by atoms with Gasteiger partial charge in [-0.25, -0.2) is 22.9 Å². The molecule has 8 atom stereocenters. The van der Waals surface area contributed by atoms with Crippen molar-refractivity contribution in [3.63, 3.8) is 0 Å². The van der Waals surface area contributed by atoms with E-state index < -0.39 is 83.6 Å². The molecule has 0 radical (unpaired) electrons. The number of carbonyl (C=O) groups excluding carboxylic acids is 2. The highest BCUT2D eigenvalue weighted by atomic mass is 19.2. The Balaban J connectivity index is 1.24. The lowest BCUT2D eigenvalue weighted by Gasteiger charge is -2.59. The molecule has 5 aliphatic rings. The van der Waals surface area contributed by atoms with Gasteiger partial charge in [0, 0.05) is 18.3 Å². The first-order valence-electron chi connectivity index (χ1n) is 12.5. The van der Waals surface area contributed by atoms with Crippen LogP contribution in [-0.2, 0) is 33.6 Å². The van der Waals surface area contributed by atoms with Crippen LogP contribution in [0.25, 0.3) is 0 Å². The summed E-state index contributed by atoms with van der Waals surface area (Å²) in [4.78, 5) is 36.3. The van der Waals surface area contributed by atoms with Crippen molar-refractivity contribution in [3.05, 3.63) is 29.1 Å². The largest absolute Gasteiger partial charge is 0.435 e. The number of esters is 2. The standard InChI is InChI=1S/C25H27F5O8/c1-10-4-5-13-11(2)22(35-23-25(13)12(10)8-9-24(3,36-23)37-38-25)34-15(32)7-6-14(31)33-21-19(29)17(27)16(26)18(28)20(21)30/h10-13,22-23H,4-9H2,1-3H3/t10-,11-,12+,13+,22-,23-,24-,25-/m1/s1. The molecule has 6 rings (SSSR count). The van der Waals surface area contributed by atoms with E-state index in [1.807, 2.05) is 6.92 Å². The van der Waals surface area contributed by atoms with Gasteiger partial charge in [0.1, 0.15) is 0 Å². The number of ether oxygens (including phenoxy) is 4. The normalized spacial score (nSPS) is 37.8. The average Bonchev–Trinajstić information content (AvgIpc) is 3.11. The van der Waals surface area contributed by atoms with Crippen LogP contribution in [0.15, 0.2) is 0 Å². The quantitative estimate of drug-likeness (QED) is 0.129. The summed E-state index contributed by atoms with van der Waals surface area (Å²) in [6, 6.07) is 0. The zero-order chi connectivity index (χ0) is 27.6. The minimum absolute atomic E-state index is 0.103. The Labute approximate surface area is 214 Å². The van der Waals surface area contributed by atoms with Gasteiger partial charge in [-0.05, 0) is 38.0 Å². The second-order valence-corrected chi connectivity index (χ2v) is 10.6. The predicted molar refractivity (Wildman–Crippen MR) is 114 cm³/mol. The summed E-state index contributed by atoms with van der Waals surface area (Å²) in [6.07, 6.45) is -0.162. The van der Waals surface area contributed by atoms with Gasteiger partial charge in [-0.15, -0.1) is 0 Å². The summed E-state index contributed by atoms with van der Waals surface area (Å²) in [5, 5.41) is 0. The minimum atomic E-state index is -2.39. The van der Waals surface area contributed by atoms with Crippen LogP contribution in [0.2, 0.25) is 0 Å². The highest BCUT2D eigenvalue weighted by Gasteiger charge is 2.69. The molecule has 8 nitrogen and oxygen atoms in total. The van der Waals surface area contributed by atoms with E-state index in [9.17, 15) is 31.5 Å². The molecule has 1 aromatic rings. The van der Waals surface area contributed by atoms with Crippen LogP contribution in [0, 0.1) is 52.8 Å². The molecule has 1 aliphatic carbocycles. The van der Waals surface area contributed by atoms with E-state index in [4.69, 9.17) is 24.0 Å². The number of fused-ring (bicyclic) bond motifs is 2. The third-order valence-corrected chi connectivity index (χ3v) is 8.26. The number of rotatable bonds is 5. The molecule has 210 valence electrons. The van der Waals surface area contributed by atoms with Crippen LogP contribution in [0.4, 0.5) is 22.0 Å². The Morgan fingerprint density at radius 1 is 0.868 bits per heavy atom. The fourth-order valence-electron chi connectivity index (χ4n) is 6.24. The number of carbonyl (C=O) groups is 2. The molecular weight excluding hydrogens is 523 g/mol. The fraction of sp³-hybridized carbons (Fsp3) is 0.680. The molecule has 0 amide bonds. The van der Waals surface area contributed by atoms with Crippen molar-refractivity contribution in [1.29, 1.82) is 0 Å². The summed E-state index contributed by atoms with van der Waals surface area (Å²) in [5.41, 5.74) is -0.867. The Morgan fingerprint density at radius 3 is 2.18 bits per heavy atom. The minimum Gasteiger partial charge on any atom is -0.435 e. The molecule has 38 heavy (non-hydrogen) atoms. The molecule has 0 aromatic heterocycles. The van der Waals surface area contributed by atoms with Crippen molar-refractivity contribution in [2.45, 2.75) is 83.3 Å². The number of benzene rings is 1. The van der Waals surface area contributed by atoms with Gasteiger partial charge in [0.2, 0.25) is 46.9 Å². The maximum Gasteiger partial charge on any atom is 0.311 e. The molecule has 4 aliphatic heterocycles. The van der Waals surface area contributed by atoms with Gasteiger partial charge in [0.15, 0.2) is 11.9 Å². The van der Waals surface area contributed by atoms with Gasteiger partial charge >= 0.3 is 11.9 Å². The van der Waals surface area contributed by atoms with Crippen LogP contribution in [-0.4, -0.2) is 35.9 Å². The zero-order valence-electron chi connectivity index (χ0n) is 20.9. The second-order valence-electron chi connectivity index (χ2n) is 10.6. The Morgan fingerprint density at radius 2 is 1.50 bits per heavy atom. The number of hydrogen-bond donors (Lipinski definition) is 0. The maximum absolute atomic E-state index is 13.8. The SMILES string of the molecule is C[C@H]1[C@H](OC(=O)CCC(=O)Oc2c(F)c(F)c(F)c(F)c2F)O[C@@H]2O[C@@]3(C)CC[C@H]4[C@H](C)CC[C@@H]1[C@@]24OO3. The molecule has 1 saturated carbocycles. The molecule has 4 saturated heterocycles. The van der Waals surface area contributed by atoms with Crippen LogP contribution in [0.3, 0.4) is 0 Å². The van der Waals surface area contributed by atoms with Gasteiger partial charge in [-0.2, -0.15) is 8.78 Å². The first-order valence-corrected chi connectivity index (χ1v) is 12.5. The van der Waals surface area contributed by atoms with Gasteiger partial charge in [0.05, 0.1) is 12.8 Å². The Hall–Kier alpha value is -2.35. The van der Waals surface area contributed by atoms with Crippen LogP contribution in [0.1, 0.15) is 59.3 Å². The zero-order valence-corrected chi connectivity index (χ0v) is 20.9. The molecule has 4 heterocycles. The number of halogens is 5. The summed E-state index contributed by atoms with van der Waals surface area (Å²) >= 11 is 0. The molecule has 1 spiro atoms. The molecule has 13 heteroatoms. The molecule has 5 fully saturated rings. The third-order valence-electron chi connectivity index (χ3n) is 8.26. The van der Waals surface area contributed by atoms with E-state index >= 15 is 0 Å². The first-order chi connectivity index (χ1) is 17.9. The molecular formula is C25H27F5O8. The van der Waals surface area contributed by atoms with Gasteiger partial charge in [-0.1, -0.05) is 13.8 Å². The highest BCUT2D eigenvalue weighted by Crippen LogP contribution is 2.60. The molecule has 0 unspecified atom stereocenters. The van der Waals surface area contributed by atoms with Gasteiger partial charge < -0.3 is 18.9 Å². The van der Waals surface area contributed by atoms with Gasteiger partial charge in [-0.3, -0.25) is 9.59 Å². The first kappa shape index (κ1) is 27.2. The topological polar surface area (TPSA) is 89.5 Å². The molecule has 1 aromatic carbocycles. The Kier molecular flexibility index (Phi) is 6.94. The van der Waals surface area contributed by atoms with Crippen LogP contribution in [0.5, 0.6) is 5.75 Å². The Bertz CT molecular complexity index is 1120. The predicted octanol–water partition coefficient (Wildman–Crippen LogP) is 4.82.